The Hall–Kier alpha value is -2.16. The van der Waals surface area contributed by atoms with Crippen molar-refractivity contribution < 1.29 is 14.3 Å². The van der Waals surface area contributed by atoms with Gasteiger partial charge in [0.1, 0.15) is 11.3 Å². The summed E-state index contributed by atoms with van der Waals surface area (Å²) in [5.41, 5.74) is 1.88. The maximum absolute atomic E-state index is 12.5. The lowest BCUT2D eigenvalue weighted by Crippen LogP contribution is -2.36. The zero-order valence-corrected chi connectivity index (χ0v) is 16.2. The van der Waals surface area contributed by atoms with Crippen LogP contribution in [0, 0.1) is 6.92 Å². The number of ether oxygens (including phenoxy) is 2. The molecule has 0 atom stereocenters. The molecule has 26 heavy (non-hydrogen) atoms. The number of nitrogens with zero attached hydrogens (tertiary/aromatic N) is 2. The minimum atomic E-state index is -0.131. The summed E-state index contributed by atoms with van der Waals surface area (Å²) in [4.78, 5) is 21.2. The number of thiophene rings is 1. The van der Waals surface area contributed by atoms with Crippen molar-refractivity contribution in [3.05, 3.63) is 34.0 Å². The van der Waals surface area contributed by atoms with Gasteiger partial charge in [-0.2, -0.15) is 0 Å². The Labute approximate surface area is 159 Å². The van der Waals surface area contributed by atoms with Crippen molar-refractivity contribution in [3.8, 4) is 5.75 Å². The van der Waals surface area contributed by atoms with Crippen LogP contribution in [0.1, 0.15) is 14.5 Å². The summed E-state index contributed by atoms with van der Waals surface area (Å²) in [5.74, 6) is 0.578. The van der Waals surface area contributed by atoms with Crippen molar-refractivity contribution >= 4 is 49.6 Å². The number of nitrogens with one attached hydrogen (secondary N) is 1. The van der Waals surface area contributed by atoms with Gasteiger partial charge in [-0.1, -0.05) is 11.3 Å². The highest BCUT2D eigenvalue weighted by molar-refractivity contribution is 7.23. The molecular weight excluding hydrogens is 370 g/mol. The number of hydrogen-bond acceptors (Lipinski definition) is 7. The highest BCUT2D eigenvalue weighted by Gasteiger charge is 2.20. The van der Waals surface area contributed by atoms with Gasteiger partial charge in [0.15, 0.2) is 5.13 Å². The quantitative estimate of drug-likeness (QED) is 0.736. The van der Waals surface area contributed by atoms with Crippen LogP contribution >= 0.6 is 22.7 Å². The van der Waals surface area contributed by atoms with E-state index in [1.807, 2.05) is 25.1 Å². The molecule has 1 aliphatic heterocycles. The first kappa shape index (κ1) is 17.3. The number of anilines is 2. The smallest absolute Gasteiger partial charge is 0.267 e. The maximum Gasteiger partial charge on any atom is 0.267 e. The number of hydrogen-bond donors (Lipinski definition) is 1. The molecule has 1 aromatic carbocycles. The van der Waals surface area contributed by atoms with Crippen molar-refractivity contribution in [1.82, 2.24) is 4.98 Å². The molecule has 0 radical (unpaired) electrons. The fourth-order valence-electron chi connectivity index (χ4n) is 2.96. The fraction of sp³-hybridized carbons (Fsp3) is 0.333. The molecule has 1 aliphatic rings. The molecule has 0 saturated carbocycles. The second-order valence-electron chi connectivity index (χ2n) is 5.95. The van der Waals surface area contributed by atoms with E-state index in [0.29, 0.717) is 29.0 Å². The van der Waals surface area contributed by atoms with Gasteiger partial charge in [-0.3, -0.25) is 10.1 Å². The first-order valence-electron chi connectivity index (χ1n) is 8.33. The number of methoxy groups -OCH3 is 1. The molecule has 1 fully saturated rings. The normalized spacial score (nSPS) is 14.6. The summed E-state index contributed by atoms with van der Waals surface area (Å²) < 4.78 is 11.9. The van der Waals surface area contributed by atoms with E-state index in [1.165, 1.54) is 22.7 Å². The Morgan fingerprint density at radius 1 is 1.23 bits per heavy atom. The van der Waals surface area contributed by atoms with Gasteiger partial charge in [0.05, 0.1) is 35.6 Å². The van der Waals surface area contributed by atoms with E-state index < -0.39 is 0 Å². The molecule has 0 bridgehead atoms. The Morgan fingerprint density at radius 2 is 2.04 bits per heavy atom. The Balaban J connectivity index is 1.69. The molecule has 0 aliphatic carbocycles. The minimum Gasteiger partial charge on any atom is -0.494 e. The molecule has 6 nitrogen and oxygen atoms in total. The molecule has 1 N–H and O–H groups in total. The Bertz CT molecular complexity index is 944. The summed E-state index contributed by atoms with van der Waals surface area (Å²) in [7, 11) is 1.63. The predicted molar refractivity (Wildman–Crippen MR) is 106 cm³/mol. The first-order chi connectivity index (χ1) is 12.7. The number of morpholine rings is 1. The number of fused-ring (bicyclic) bond motifs is 1. The molecule has 3 heterocycles. The van der Waals surface area contributed by atoms with Crippen molar-refractivity contribution in [3.63, 3.8) is 0 Å². The molecule has 136 valence electrons. The predicted octanol–water partition coefficient (Wildman–Crippen LogP) is 3.76. The number of thiazole rings is 1. The lowest BCUT2D eigenvalue weighted by atomic mass is 10.2. The molecule has 2 aromatic heterocycles. The molecule has 1 saturated heterocycles. The van der Waals surface area contributed by atoms with Crippen LogP contribution in [-0.2, 0) is 4.74 Å². The third-order valence-corrected chi connectivity index (χ3v) is 6.23. The van der Waals surface area contributed by atoms with Crippen LogP contribution in [0.25, 0.3) is 10.2 Å². The third-order valence-electron chi connectivity index (χ3n) is 4.24. The molecule has 4 rings (SSSR count). The number of benzene rings is 1. The lowest BCUT2D eigenvalue weighted by Gasteiger charge is -2.29. The van der Waals surface area contributed by atoms with E-state index in [9.17, 15) is 4.79 Å². The van der Waals surface area contributed by atoms with Crippen LogP contribution in [-0.4, -0.2) is 44.3 Å². The highest BCUT2D eigenvalue weighted by Crippen LogP contribution is 2.39. The van der Waals surface area contributed by atoms with E-state index >= 15 is 0 Å². The first-order valence-corrected chi connectivity index (χ1v) is 9.97. The van der Waals surface area contributed by atoms with E-state index in [0.717, 1.165) is 33.9 Å². The summed E-state index contributed by atoms with van der Waals surface area (Å²) >= 11 is 2.95. The minimum absolute atomic E-state index is 0.131. The van der Waals surface area contributed by atoms with Crippen LogP contribution in [0.15, 0.2) is 24.3 Å². The second kappa shape index (κ2) is 7.22. The maximum atomic E-state index is 12.5. The zero-order valence-electron chi connectivity index (χ0n) is 14.6. The van der Waals surface area contributed by atoms with Crippen LogP contribution in [0.4, 0.5) is 10.8 Å². The van der Waals surface area contributed by atoms with E-state index in [1.54, 1.807) is 7.11 Å². The third kappa shape index (κ3) is 3.27. The van der Waals surface area contributed by atoms with Gasteiger partial charge in [-0.25, -0.2) is 4.98 Å². The number of carbonyl (C=O) groups is 1. The van der Waals surface area contributed by atoms with Crippen LogP contribution in [0.2, 0.25) is 0 Å². The van der Waals surface area contributed by atoms with E-state index in [-0.39, 0.29) is 5.91 Å². The van der Waals surface area contributed by atoms with E-state index in [4.69, 9.17) is 9.47 Å². The van der Waals surface area contributed by atoms with Gasteiger partial charge in [0.25, 0.3) is 5.91 Å². The van der Waals surface area contributed by atoms with Crippen molar-refractivity contribution in [1.29, 1.82) is 0 Å². The molecule has 3 aromatic rings. The van der Waals surface area contributed by atoms with Crippen molar-refractivity contribution in [2.75, 3.05) is 43.6 Å². The van der Waals surface area contributed by atoms with Gasteiger partial charge in [-0.05, 0) is 31.2 Å². The van der Waals surface area contributed by atoms with Crippen molar-refractivity contribution in [2.45, 2.75) is 6.92 Å². The standard InChI is InChI=1S/C18H19N3O3S2/c1-11-3-6-14(25-11)17(22)20-18-19-15-13(23-2)5-4-12(16(15)26-18)21-7-9-24-10-8-21/h3-6H,7-10H2,1-2H3,(H,19,20,22). The van der Waals surface area contributed by atoms with Gasteiger partial charge in [-0.15, -0.1) is 11.3 Å². The molecule has 0 spiro atoms. The van der Waals surface area contributed by atoms with Gasteiger partial charge >= 0.3 is 0 Å². The Morgan fingerprint density at radius 3 is 2.73 bits per heavy atom. The summed E-state index contributed by atoms with van der Waals surface area (Å²) in [6.45, 7) is 5.10. The SMILES string of the molecule is COc1ccc(N2CCOCC2)c2sc(NC(=O)c3ccc(C)s3)nc12. The average Bonchev–Trinajstić information content (AvgIpc) is 3.27. The molecule has 8 heteroatoms. The molecule has 0 unspecified atom stereocenters. The number of amides is 1. The molecule has 1 amide bonds. The summed E-state index contributed by atoms with van der Waals surface area (Å²) in [6.07, 6.45) is 0. The second-order valence-corrected chi connectivity index (χ2v) is 8.23. The lowest BCUT2D eigenvalue weighted by molar-refractivity contribution is 0.103. The van der Waals surface area contributed by atoms with Crippen LogP contribution < -0.4 is 15.0 Å². The van der Waals surface area contributed by atoms with Gasteiger partial charge in [0, 0.05) is 18.0 Å². The largest absolute Gasteiger partial charge is 0.494 e. The summed E-state index contributed by atoms with van der Waals surface area (Å²) in [6, 6.07) is 7.76. The topological polar surface area (TPSA) is 63.7 Å². The van der Waals surface area contributed by atoms with E-state index in [2.05, 4.69) is 21.3 Å². The van der Waals surface area contributed by atoms with Gasteiger partial charge in [0.2, 0.25) is 0 Å². The monoisotopic (exact) mass is 389 g/mol. The Kier molecular flexibility index (Phi) is 4.80. The number of aryl methyl sites for hydroxylation is 1. The average molecular weight is 390 g/mol. The molecular formula is C18H19N3O3S2. The highest BCUT2D eigenvalue weighted by atomic mass is 32.1. The van der Waals surface area contributed by atoms with Gasteiger partial charge < -0.3 is 14.4 Å². The van der Waals surface area contributed by atoms with Crippen LogP contribution in [0.3, 0.4) is 0 Å². The number of aromatic nitrogens is 1. The fourth-order valence-corrected chi connectivity index (χ4v) is 4.74. The zero-order chi connectivity index (χ0) is 18.1. The van der Waals surface area contributed by atoms with Crippen molar-refractivity contribution in [2.24, 2.45) is 0 Å². The number of carbonyl (C=O) groups excluding carboxylic acids is 1. The van der Waals surface area contributed by atoms with Crippen LogP contribution in [0.5, 0.6) is 5.75 Å². The number of rotatable bonds is 4. The summed E-state index contributed by atoms with van der Waals surface area (Å²) in [5, 5.41) is 3.50.